The van der Waals surface area contributed by atoms with Crippen LogP contribution in [0.3, 0.4) is 0 Å². The molecule has 0 unspecified atom stereocenters. The fraction of sp³-hybridized carbons (Fsp3) is 0.550. The minimum Gasteiger partial charge on any atom is -0.353 e. The van der Waals surface area contributed by atoms with Crippen molar-refractivity contribution in [3.05, 3.63) is 30.1 Å². The molecule has 2 aliphatic rings. The van der Waals surface area contributed by atoms with Gasteiger partial charge in [0.15, 0.2) is 0 Å². The minimum absolute atomic E-state index is 0.0460. The third-order valence-corrected chi connectivity index (χ3v) is 5.59. The summed E-state index contributed by atoms with van der Waals surface area (Å²) >= 11 is 0. The molecule has 1 saturated heterocycles. The number of rotatable bonds is 5. The van der Waals surface area contributed by atoms with Crippen molar-refractivity contribution < 1.29 is 9.59 Å². The van der Waals surface area contributed by atoms with Gasteiger partial charge < -0.3 is 15.2 Å². The zero-order chi connectivity index (χ0) is 17.9. The molecule has 6 heteroatoms. The molecule has 1 aromatic carbocycles. The molecule has 4 rings (SSSR count). The summed E-state index contributed by atoms with van der Waals surface area (Å²) in [5, 5.41) is 3.11. The first-order valence-corrected chi connectivity index (χ1v) is 9.71. The molecule has 1 aliphatic carbocycles. The summed E-state index contributed by atoms with van der Waals surface area (Å²) in [7, 11) is 0. The second-order valence-corrected chi connectivity index (χ2v) is 7.51. The van der Waals surface area contributed by atoms with Crippen molar-refractivity contribution in [2.24, 2.45) is 5.92 Å². The van der Waals surface area contributed by atoms with E-state index in [2.05, 4.69) is 15.3 Å². The predicted molar refractivity (Wildman–Crippen MR) is 99.5 cm³/mol. The topological polar surface area (TPSA) is 78.1 Å². The maximum absolute atomic E-state index is 12.5. The van der Waals surface area contributed by atoms with Crippen LogP contribution in [-0.2, 0) is 16.0 Å². The van der Waals surface area contributed by atoms with Gasteiger partial charge >= 0.3 is 0 Å². The quantitative estimate of drug-likeness (QED) is 0.865. The largest absolute Gasteiger partial charge is 0.353 e. The minimum atomic E-state index is 0.0460. The van der Waals surface area contributed by atoms with E-state index in [9.17, 15) is 9.59 Å². The van der Waals surface area contributed by atoms with E-state index in [4.69, 9.17) is 0 Å². The lowest BCUT2D eigenvalue weighted by Gasteiger charge is -2.20. The molecular formula is C20H26N4O2. The first-order valence-electron chi connectivity index (χ1n) is 9.71. The molecule has 0 spiro atoms. The third kappa shape index (κ3) is 3.74. The lowest BCUT2D eigenvalue weighted by molar-refractivity contribution is -0.134. The van der Waals surface area contributed by atoms with Gasteiger partial charge in [-0.25, -0.2) is 4.98 Å². The summed E-state index contributed by atoms with van der Waals surface area (Å²) in [5.41, 5.74) is 1.93. The van der Waals surface area contributed by atoms with Crippen LogP contribution in [0, 0.1) is 5.92 Å². The van der Waals surface area contributed by atoms with Crippen molar-refractivity contribution in [1.82, 2.24) is 20.2 Å². The molecule has 1 aliphatic heterocycles. The Hall–Kier alpha value is -2.37. The number of amides is 2. The van der Waals surface area contributed by atoms with E-state index in [1.165, 1.54) is 0 Å². The van der Waals surface area contributed by atoms with Crippen LogP contribution < -0.4 is 5.32 Å². The van der Waals surface area contributed by atoms with Crippen LogP contribution in [0.15, 0.2) is 24.3 Å². The van der Waals surface area contributed by atoms with Crippen molar-refractivity contribution in [1.29, 1.82) is 0 Å². The Kier molecular flexibility index (Phi) is 4.91. The lowest BCUT2D eigenvalue weighted by Crippen LogP contribution is -2.36. The van der Waals surface area contributed by atoms with E-state index in [0.717, 1.165) is 62.1 Å². The number of carbonyl (C=O) groups is 2. The molecule has 2 N–H and O–H groups in total. The summed E-state index contributed by atoms with van der Waals surface area (Å²) in [6.45, 7) is 1.81. The van der Waals surface area contributed by atoms with Crippen LogP contribution in [0.25, 0.3) is 11.0 Å². The number of carbonyl (C=O) groups excluding carboxylic acids is 2. The van der Waals surface area contributed by atoms with Gasteiger partial charge in [-0.2, -0.15) is 0 Å². The number of aromatic amines is 1. The summed E-state index contributed by atoms with van der Waals surface area (Å²) in [5.74, 6) is 1.27. The number of hydrogen-bond acceptors (Lipinski definition) is 3. The average molecular weight is 354 g/mol. The van der Waals surface area contributed by atoms with Crippen LogP contribution in [0.4, 0.5) is 0 Å². The summed E-state index contributed by atoms with van der Waals surface area (Å²) < 4.78 is 0. The Morgan fingerprint density at radius 3 is 2.81 bits per heavy atom. The SMILES string of the molecule is O=C(CCc1nc2ccccc2[nH]1)N[C@H]1CC[C@@H](C(=O)N2CCCC2)C1. The normalized spacial score (nSPS) is 22.8. The summed E-state index contributed by atoms with van der Waals surface area (Å²) in [4.78, 5) is 34.5. The van der Waals surface area contributed by atoms with Gasteiger partial charge in [-0.15, -0.1) is 0 Å². The van der Waals surface area contributed by atoms with Gasteiger partial charge in [-0.05, 0) is 44.2 Å². The van der Waals surface area contributed by atoms with E-state index >= 15 is 0 Å². The number of para-hydroxylation sites is 2. The maximum Gasteiger partial charge on any atom is 0.225 e. The highest BCUT2D eigenvalue weighted by molar-refractivity contribution is 5.80. The molecule has 2 heterocycles. The summed E-state index contributed by atoms with van der Waals surface area (Å²) in [6.07, 6.45) is 5.85. The van der Waals surface area contributed by atoms with E-state index in [1.54, 1.807) is 0 Å². The fourth-order valence-electron chi connectivity index (χ4n) is 4.19. The molecule has 1 saturated carbocycles. The standard InChI is InChI=1S/C20H26N4O2/c25-19(10-9-18-22-16-5-1-2-6-17(16)23-18)21-15-8-7-14(13-15)20(26)24-11-3-4-12-24/h1-2,5-6,14-15H,3-4,7-13H2,(H,21,25)(H,22,23)/t14-,15+/m1/s1. The molecule has 2 amide bonds. The van der Waals surface area contributed by atoms with Crippen molar-refractivity contribution in [2.45, 2.75) is 51.0 Å². The van der Waals surface area contributed by atoms with Gasteiger partial charge in [0.1, 0.15) is 5.82 Å². The maximum atomic E-state index is 12.5. The van der Waals surface area contributed by atoms with Crippen LogP contribution >= 0.6 is 0 Å². The van der Waals surface area contributed by atoms with Gasteiger partial charge in [0, 0.05) is 37.9 Å². The smallest absolute Gasteiger partial charge is 0.225 e. The highest BCUT2D eigenvalue weighted by atomic mass is 16.2. The number of hydrogen-bond donors (Lipinski definition) is 2. The third-order valence-electron chi connectivity index (χ3n) is 5.59. The van der Waals surface area contributed by atoms with Gasteiger partial charge in [0.2, 0.25) is 11.8 Å². The number of nitrogens with zero attached hydrogens (tertiary/aromatic N) is 2. The van der Waals surface area contributed by atoms with Gasteiger partial charge in [-0.1, -0.05) is 12.1 Å². The van der Waals surface area contributed by atoms with Crippen LogP contribution in [0.1, 0.15) is 44.3 Å². The Morgan fingerprint density at radius 1 is 1.19 bits per heavy atom. The van der Waals surface area contributed by atoms with Crippen LogP contribution in [0.5, 0.6) is 0 Å². The molecule has 26 heavy (non-hydrogen) atoms. The Morgan fingerprint density at radius 2 is 2.00 bits per heavy atom. The van der Waals surface area contributed by atoms with Crippen LogP contribution in [-0.4, -0.2) is 45.8 Å². The number of aryl methyl sites for hydroxylation is 1. The van der Waals surface area contributed by atoms with E-state index in [0.29, 0.717) is 18.7 Å². The first kappa shape index (κ1) is 17.1. The average Bonchev–Trinajstić information content (AvgIpc) is 3.38. The number of nitrogens with one attached hydrogen (secondary N) is 2. The molecular weight excluding hydrogens is 328 g/mol. The fourth-order valence-corrected chi connectivity index (χ4v) is 4.19. The summed E-state index contributed by atoms with van der Waals surface area (Å²) in [6, 6.07) is 8.01. The molecule has 2 atom stereocenters. The molecule has 0 radical (unpaired) electrons. The number of H-pyrrole nitrogens is 1. The zero-order valence-corrected chi connectivity index (χ0v) is 15.0. The van der Waals surface area contributed by atoms with Crippen molar-refractivity contribution >= 4 is 22.8 Å². The van der Waals surface area contributed by atoms with Crippen molar-refractivity contribution in [3.8, 4) is 0 Å². The monoisotopic (exact) mass is 354 g/mol. The van der Waals surface area contributed by atoms with Gasteiger partial charge in [0.05, 0.1) is 11.0 Å². The van der Waals surface area contributed by atoms with E-state index in [1.807, 2.05) is 29.2 Å². The molecule has 138 valence electrons. The Balaban J connectivity index is 1.24. The lowest BCUT2D eigenvalue weighted by atomic mass is 10.1. The van der Waals surface area contributed by atoms with E-state index in [-0.39, 0.29) is 17.9 Å². The van der Waals surface area contributed by atoms with Crippen molar-refractivity contribution in [3.63, 3.8) is 0 Å². The predicted octanol–water partition coefficient (Wildman–Crippen LogP) is 2.40. The number of fused-ring (bicyclic) bond motifs is 1. The molecule has 6 nitrogen and oxygen atoms in total. The highest BCUT2D eigenvalue weighted by Crippen LogP contribution is 2.28. The van der Waals surface area contributed by atoms with E-state index < -0.39 is 0 Å². The van der Waals surface area contributed by atoms with Gasteiger partial charge in [0.25, 0.3) is 0 Å². The highest BCUT2D eigenvalue weighted by Gasteiger charge is 2.34. The molecule has 1 aromatic heterocycles. The van der Waals surface area contributed by atoms with Gasteiger partial charge in [-0.3, -0.25) is 9.59 Å². The zero-order valence-electron chi connectivity index (χ0n) is 15.0. The number of imidazole rings is 1. The van der Waals surface area contributed by atoms with Crippen LogP contribution in [0.2, 0.25) is 0 Å². The molecule has 2 fully saturated rings. The molecule has 2 aromatic rings. The first-order chi connectivity index (χ1) is 12.7. The Labute approximate surface area is 153 Å². The van der Waals surface area contributed by atoms with Crippen molar-refractivity contribution in [2.75, 3.05) is 13.1 Å². The number of benzene rings is 1. The second kappa shape index (κ2) is 7.48. The number of aromatic nitrogens is 2. The second-order valence-electron chi connectivity index (χ2n) is 7.51. The number of likely N-dealkylation sites (tertiary alicyclic amines) is 1. The molecule has 0 bridgehead atoms. The Bertz CT molecular complexity index is 761.